The second-order valence-electron chi connectivity index (χ2n) is 5.13. The van der Waals surface area contributed by atoms with Crippen molar-refractivity contribution in [2.45, 2.75) is 56.9 Å². The normalized spacial score (nSPS) is 27.4. The summed E-state index contributed by atoms with van der Waals surface area (Å²) in [6.07, 6.45) is 11.2. The lowest BCUT2D eigenvalue weighted by Gasteiger charge is -2.22. The Kier molecular flexibility index (Phi) is 2.96. The van der Waals surface area contributed by atoms with Crippen LogP contribution in [0.15, 0.2) is 10.7 Å². The van der Waals surface area contributed by atoms with Crippen molar-refractivity contribution >= 4 is 0 Å². The van der Waals surface area contributed by atoms with Crippen LogP contribution < -0.4 is 5.32 Å². The van der Waals surface area contributed by atoms with Gasteiger partial charge in [0, 0.05) is 5.56 Å². The quantitative estimate of drug-likeness (QED) is 0.832. The molecule has 1 aliphatic heterocycles. The minimum Gasteiger partial charge on any atom is -0.359 e. The second kappa shape index (κ2) is 4.58. The molecule has 1 atom stereocenters. The van der Waals surface area contributed by atoms with Gasteiger partial charge in [-0.05, 0) is 38.1 Å². The van der Waals surface area contributed by atoms with Gasteiger partial charge in [0.05, 0.1) is 12.2 Å². The lowest BCUT2D eigenvalue weighted by atomic mass is 9.83. The monoisotopic (exact) mass is 220 g/mol. The fraction of sp³-hybridized carbons (Fsp3) is 0.769. The van der Waals surface area contributed by atoms with Gasteiger partial charge in [-0.15, -0.1) is 0 Å². The van der Waals surface area contributed by atoms with Crippen LogP contribution in [0, 0.1) is 0 Å². The van der Waals surface area contributed by atoms with Gasteiger partial charge in [-0.3, -0.25) is 0 Å². The molecule has 0 radical (unpaired) electrons. The van der Waals surface area contributed by atoms with Crippen molar-refractivity contribution in [3.8, 4) is 0 Å². The van der Waals surface area contributed by atoms with E-state index in [0.717, 1.165) is 12.3 Å². The van der Waals surface area contributed by atoms with Gasteiger partial charge >= 0.3 is 0 Å². The molecule has 0 aromatic carbocycles. The number of nitrogens with zero attached hydrogens (tertiary/aromatic N) is 1. The molecule has 2 fully saturated rings. The molecule has 1 aliphatic carbocycles. The molecule has 16 heavy (non-hydrogen) atoms. The average molecular weight is 220 g/mol. The van der Waals surface area contributed by atoms with Crippen molar-refractivity contribution in [3.63, 3.8) is 0 Å². The molecule has 1 aromatic rings. The molecular weight excluding hydrogens is 200 g/mol. The first-order valence-electron chi connectivity index (χ1n) is 6.63. The number of hydrogen-bond acceptors (Lipinski definition) is 3. The topological polar surface area (TPSA) is 38.1 Å². The molecule has 2 aliphatic rings. The van der Waals surface area contributed by atoms with Gasteiger partial charge < -0.3 is 9.84 Å². The van der Waals surface area contributed by atoms with E-state index >= 15 is 0 Å². The smallest absolute Gasteiger partial charge is 0.157 e. The number of hydrogen-bond donors (Lipinski definition) is 1. The molecule has 2 heterocycles. The van der Waals surface area contributed by atoms with E-state index in [9.17, 15) is 0 Å². The van der Waals surface area contributed by atoms with Crippen molar-refractivity contribution in [2.24, 2.45) is 0 Å². The van der Waals surface area contributed by atoms with E-state index in [-0.39, 0.29) is 0 Å². The standard InChI is InChI=1S/C13H20N2O/c1-2-5-10(6-3-1)11-9-15-16-13(11)12-7-4-8-14-12/h9-10,12,14H,1-8H2. The van der Waals surface area contributed by atoms with Crippen molar-refractivity contribution in [3.05, 3.63) is 17.5 Å². The van der Waals surface area contributed by atoms with Crippen molar-refractivity contribution in [2.75, 3.05) is 6.54 Å². The van der Waals surface area contributed by atoms with Gasteiger partial charge in [0.25, 0.3) is 0 Å². The summed E-state index contributed by atoms with van der Waals surface area (Å²) in [7, 11) is 0. The summed E-state index contributed by atoms with van der Waals surface area (Å²) in [4.78, 5) is 0. The number of rotatable bonds is 2. The van der Waals surface area contributed by atoms with Crippen molar-refractivity contribution < 1.29 is 4.52 Å². The Bertz CT molecular complexity index is 335. The van der Waals surface area contributed by atoms with E-state index in [0.29, 0.717) is 12.0 Å². The first-order valence-corrected chi connectivity index (χ1v) is 6.63. The SMILES string of the molecule is c1noc(C2CCCN2)c1C1CCCCC1. The van der Waals surface area contributed by atoms with Crippen LogP contribution in [0.2, 0.25) is 0 Å². The lowest BCUT2D eigenvalue weighted by molar-refractivity contribution is 0.344. The van der Waals surface area contributed by atoms with Crippen LogP contribution in [-0.2, 0) is 0 Å². The van der Waals surface area contributed by atoms with Crippen LogP contribution in [0.1, 0.15) is 68.2 Å². The Balaban J connectivity index is 1.80. The fourth-order valence-corrected chi connectivity index (χ4v) is 3.15. The molecule has 1 N–H and O–H groups in total. The fourth-order valence-electron chi connectivity index (χ4n) is 3.15. The van der Waals surface area contributed by atoms with Gasteiger partial charge in [-0.2, -0.15) is 0 Å². The maximum atomic E-state index is 5.49. The summed E-state index contributed by atoms with van der Waals surface area (Å²) in [6.45, 7) is 1.12. The van der Waals surface area contributed by atoms with E-state index in [1.807, 2.05) is 6.20 Å². The number of nitrogens with one attached hydrogen (secondary N) is 1. The molecule has 0 bridgehead atoms. The molecule has 1 saturated heterocycles. The van der Waals surface area contributed by atoms with E-state index in [1.54, 1.807) is 0 Å². The predicted octanol–water partition coefficient (Wildman–Crippen LogP) is 3.15. The first kappa shape index (κ1) is 10.3. The molecule has 1 aromatic heterocycles. The van der Waals surface area contributed by atoms with Crippen LogP contribution in [0.25, 0.3) is 0 Å². The van der Waals surface area contributed by atoms with Crippen LogP contribution in [0.3, 0.4) is 0 Å². The van der Waals surface area contributed by atoms with Gasteiger partial charge in [0.1, 0.15) is 0 Å². The Hall–Kier alpha value is -0.830. The molecule has 1 saturated carbocycles. The number of aromatic nitrogens is 1. The molecule has 0 amide bonds. The largest absolute Gasteiger partial charge is 0.359 e. The highest BCUT2D eigenvalue weighted by molar-refractivity contribution is 5.23. The van der Waals surface area contributed by atoms with Crippen LogP contribution in [0.5, 0.6) is 0 Å². The Morgan fingerprint density at radius 2 is 2.00 bits per heavy atom. The third-order valence-electron chi connectivity index (χ3n) is 4.05. The molecule has 88 valence electrons. The summed E-state index contributed by atoms with van der Waals surface area (Å²) in [5, 5.41) is 7.53. The summed E-state index contributed by atoms with van der Waals surface area (Å²) in [5.41, 5.74) is 1.39. The van der Waals surface area contributed by atoms with E-state index < -0.39 is 0 Å². The van der Waals surface area contributed by atoms with E-state index in [2.05, 4.69) is 10.5 Å². The van der Waals surface area contributed by atoms with Crippen LogP contribution >= 0.6 is 0 Å². The van der Waals surface area contributed by atoms with Gasteiger partial charge in [-0.1, -0.05) is 24.4 Å². The summed E-state index contributed by atoms with van der Waals surface area (Å²) < 4.78 is 5.49. The Labute approximate surface area is 96.6 Å². The minimum absolute atomic E-state index is 0.430. The lowest BCUT2D eigenvalue weighted by Crippen LogP contribution is -2.15. The third kappa shape index (κ3) is 1.88. The third-order valence-corrected chi connectivity index (χ3v) is 4.05. The zero-order chi connectivity index (χ0) is 10.8. The first-order chi connectivity index (χ1) is 7.95. The minimum atomic E-state index is 0.430. The molecular formula is C13H20N2O. The molecule has 3 rings (SSSR count). The van der Waals surface area contributed by atoms with Crippen molar-refractivity contribution in [1.82, 2.24) is 10.5 Å². The van der Waals surface area contributed by atoms with Crippen LogP contribution in [0.4, 0.5) is 0 Å². The summed E-state index contributed by atoms with van der Waals surface area (Å²) in [5.74, 6) is 1.84. The molecule has 3 nitrogen and oxygen atoms in total. The summed E-state index contributed by atoms with van der Waals surface area (Å²) in [6, 6.07) is 0.430. The van der Waals surface area contributed by atoms with Gasteiger partial charge in [0.15, 0.2) is 5.76 Å². The highest BCUT2D eigenvalue weighted by atomic mass is 16.5. The maximum absolute atomic E-state index is 5.49. The summed E-state index contributed by atoms with van der Waals surface area (Å²) >= 11 is 0. The molecule has 3 heteroatoms. The highest BCUT2D eigenvalue weighted by Crippen LogP contribution is 2.37. The Morgan fingerprint density at radius 1 is 1.12 bits per heavy atom. The molecule has 1 unspecified atom stereocenters. The van der Waals surface area contributed by atoms with Crippen LogP contribution in [-0.4, -0.2) is 11.7 Å². The Morgan fingerprint density at radius 3 is 2.75 bits per heavy atom. The van der Waals surface area contributed by atoms with E-state index in [1.165, 1.54) is 50.5 Å². The zero-order valence-corrected chi connectivity index (χ0v) is 9.74. The average Bonchev–Trinajstić information content (AvgIpc) is 3.01. The van der Waals surface area contributed by atoms with E-state index in [4.69, 9.17) is 4.52 Å². The maximum Gasteiger partial charge on any atom is 0.157 e. The highest BCUT2D eigenvalue weighted by Gasteiger charge is 2.27. The van der Waals surface area contributed by atoms with Gasteiger partial charge in [-0.25, -0.2) is 0 Å². The second-order valence-corrected chi connectivity index (χ2v) is 5.13. The predicted molar refractivity (Wildman–Crippen MR) is 62.3 cm³/mol. The van der Waals surface area contributed by atoms with Gasteiger partial charge in [0.2, 0.25) is 0 Å². The molecule has 0 spiro atoms. The zero-order valence-electron chi connectivity index (χ0n) is 9.74. The van der Waals surface area contributed by atoms with Crippen molar-refractivity contribution in [1.29, 1.82) is 0 Å².